The van der Waals surface area contributed by atoms with Crippen molar-refractivity contribution in [1.82, 2.24) is 0 Å². The Kier molecular flexibility index (Phi) is 6.41. The van der Waals surface area contributed by atoms with E-state index < -0.39 is 12.4 Å². The molecule has 1 atom stereocenters. The fourth-order valence-electron chi connectivity index (χ4n) is 2.69. The molecule has 2 N–H and O–H groups in total. The minimum absolute atomic E-state index is 0.487. The maximum Gasteiger partial charge on any atom is 0.462 e. The van der Waals surface area contributed by atoms with E-state index in [4.69, 9.17) is 10.0 Å². The van der Waals surface area contributed by atoms with Crippen molar-refractivity contribution in [3.8, 4) is 11.1 Å². The molecule has 0 fully saturated rings. The summed E-state index contributed by atoms with van der Waals surface area (Å²) in [7, 11) is -1.26. The first-order chi connectivity index (χ1) is 11.8. The second-order valence-electron chi connectivity index (χ2n) is 7.05. The molecule has 0 amide bonds. The molecule has 0 saturated heterocycles. The van der Waals surface area contributed by atoms with Gasteiger partial charge in [0, 0.05) is 5.31 Å². The van der Waals surface area contributed by atoms with Gasteiger partial charge in [0.25, 0.3) is 0 Å². The topological polar surface area (TPSA) is 40.5 Å². The Morgan fingerprint density at radius 2 is 1.64 bits per heavy atom. The fraction of sp³-hybridized carbons (Fsp3) is 0.273. The largest absolute Gasteiger partial charge is 0.462 e. The van der Waals surface area contributed by atoms with Crippen molar-refractivity contribution in [2.45, 2.75) is 39.4 Å². The predicted octanol–water partition coefficient (Wildman–Crippen LogP) is 5.10. The summed E-state index contributed by atoms with van der Waals surface area (Å²) < 4.78 is 0. The lowest BCUT2D eigenvalue weighted by Crippen LogP contribution is -2.29. The third-order valence-corrected chi connectivity index (χ3v) is 4.66. The Labute approximate surface area is 151 Å². The third-order valence-electron chi connectivity index (χ3n) is 4.66. The molecule has 0 bridgehead atoms. The van der Waals surface area contributed by atoms with Gasteiger partial charge in [-0.15, -0.1) is 0 Å². The molecule has 0 saturated carbocycles. The average Bonchev–Trinajstić information content (AvgIpc) is 2.61. The van der Waals surface area contributed by atoms with E-state index in [1.54, 1.807) is 0 Å². The Balaban J connectivity index is 0.000000186. The molecule has 0 heterocycles. The van der Waals surface area contributed by atoms with E-state index in [1.807, 2.05) is 32.1 Å². The molecule has 1 aliphatic carbocycles. The predicted molar refractivity (Wildman–Crippen MR) is 107 cm³/mol. The van der Waals surface area contributed by atoms with Gasteiger partial charge in [0.2, 0.25) is 0 Å². The Morgan fingerprint density at radius 3 is 2.20 bits per heavy atom. The van der Waals surface area contributed by atoms with Gasteiger partial charge in [-0.25, -0.2) is 0 Å². The van der Waals surface area contributed by atoms with Crippen molar-refractivity contribution in [2.24, 2.45) is 0 Å². The van der Waals surface area contributed by atoms with Crippen LogP contribution in [0.3, 0.4) is 0 Å². The molecule has 1 aliphatic rings. The molecule has 2 nitrogen and oxygen atoms in total. The van der Waals surface area contributed by atoms with Gasteiger partial charge in [0.1, 0.15) is 0 Å². The van der Waals surface area contributed by atoms with Gasteiger partial charge in [-0.1, -0.05) is 84.8 Å². The van der Waals surface area contributed by atoms with Gasteiger partial charge in [-0.3, -0.25) is 0 Å². The zero-order chi connectivity index (χ0) is 18.4. The first-order valence-electron chi connectivity index (χ1n) is 8.66. The van der Waals surface area contributed by atoms with Crippen LogP contribution in [0.4, 0.5) is 0 Å². The number of benzene rings is 2. The van der Waals surface area contributed by atoms with Gasteiger partial charge in [0.05, 0.1) is 0 Å². The molecule has 3 rings (SSSR count). The summed E-state index contributed by atoms with van der Waals surface area (Å²) in [6.45, 7) is 8.12. The molecular formula is C22H27BO2. The summed E-state index contributed by atoms with van der Waals surface area (Å²) in [5, 5.41) is 17.5. The van der Waals surface area contributed by atoms with Crippen LogP contribution in [-0.4, -0.2) is 17.2 Å². The SMILES string of the molecule is CC1=CCC(C)(B(O)O)C=C1.Cc1ccc(C)c(-c2ccccc2)c1. The van der Waals surface area contributed by atoms with Crippen LogP contribution in [0.15, 0.2) is 72.3 Å². The zero-order valence-corrected chi connectivity index (χ0v) is 15.5. The monoisotopic (exact) mass is 334 g/mol. The normalized spacial score (nSPS) is 18.9. The molecule has 130 valence electrons. The standard InChI is InChI=1S/C14H14.C8H13BO2/c1-11-8-9-12(2)14(10-11)13-6-4-3-5-7-13;1-7-3-5-8(2,6-4-7)9(10)11/h3-10H,1-2H3;3-5,10-11H,6H2,1-2H3. The molecular weight excluding hydrogens is 307 g/mol. The smallest absolute Gasteiger partial charge is 0.426 e. The summed E-state index contributed by atoms with van der Waals surface area (Å²) in [6, 6.07) is 17.1. The molecule has 25 heavy (non-hydrogen) atoms. The second kappa shape index (κ2) is 8.33. The second-order valence-corrected chi connectivity index (χ2v) is 7.05. The van der Waals surface area contributed by atoms with Gasteiger partial charge < -0.3 is 10.0 Å². The molecule has 1 unspecified atom stereocenters. The third kappa shape index (κ3) is 5.19. The molecule has 0 radical (unpaired) electrons. The van der Waals surface area contributed by atoms with Gasteiger partial charge in [-0.05, 0) is 43.9 Å². The lowest BCUT2D eigenvalue weighted by atomic mass is 9.56. The van der Waals surface area contributed by atoms with E-state index in [1.165, 1.54) is 27.8 Å². The lowest BCUT2D eigenvalue weighted by Gasteiger charge is -2.25. The van der Waals surface area contributed by atoms with Gasteiger partial charge in [-0.2, -0.15) is 0 Å². The van der Waals surface area contributed by atoms with E-state index >= 15 is 0 Å². The van der Waals surface area contributed by atoms with Crippen LogP contribution < -0.4 is 0 Å². The van der Waals surface area contributed by atoms with Crippen LogP contribution in [0.1, 0.15) is 31.4 Å². The number of hydrogen-bond acceptors (Lipinski definition) is 2. The molecule has 2 aromatic carbocycles. The van der Waals surface area contributed by atoms with Gasteiger partial charge >= 0.3 is 7.12 Å². The molecule has 0 aliphatic heterocycles. The van der Waals surface area contributed by atoms with Crippen molar-refractivity contribution >= 4 is 7.12 Å². The highest BCUT2D eigenvalue weighted by Gasteiger charge is 2.34. The molecule has 2 aromatic rings. The maximum absolute atomic E-state index is 9.00. The van der Waals surface area contributed by atoms with Crippen LogP contribution in [0.2, 0.25) is 5.31 Å². The first kappa shape index (κ1) is 19.2. The highest BCUT2D eigenvalue weighted by molar-refractivity contribution is 6.46. The summed E-state index contributed by atoms with van der Waals surface area (Å²) in [6.07, 6.45) is 6.49. The van der Waals surface area contributed by atoms with E-state index in [0.717, 1.165) is 0 Å². The highest BCUT2D eigenvalue weighted by atomic mass is 16.4. The van der Waals surface area contributed by atoms with Crippen molar-refractivity contribution in [1.29, 1.82) is 0 Å². The van der Waals surface area contributed by atoms with E-state index in [2.05, 4.69) is 62.4 Å². The highest BCUT2D eigenvalue weighted by Crippen LogP contribution is 2.37. The zero-order valence-electron chi connectivity index (χ0n) is 15.5. The summed E-state index contributed by atoms with van der Waals surface area (Å²) >= 11 is 0. The van der Waals surface area contributed by atoms with Crippen molar-refractivity contribution in [3.63, 3.8) is 0 Å². The minimum atomic E-state index is -1.26. The van der Waals surface area contributed by atoms with E-state index in [0.29, 0.717) is 6.42 Å². The van der Waals surface area contributed by atoms with Crippen LogP contribution in [0.25, 0.3) is 11.1 Å². The van der Waals surface area contributed by atoms with Crippen molar-refractivity contribution in [3.05, 3.63) is 83.5 Å². The van der Waals surface area contributed by atoms with Crippen LogP contribution in [-0.2, 0) is 0 Å². The number of aryl methyl sites for hydroxylation is 2. The first-order valence-corrected chi connectivity index (χ1v) is 8.66. The van der Waals surface area contributed by atoms with E-state index in [-0.39, 0.29) is 0 Å². The molecule has 3 heteroatoms. The summed E-state index contributed by atoms with van der Waals surface area (Å²) in [5.41, 5.74) is 6.47. The average molecular weight is 334 g/mol. The number of hydrogen-bond donors (Lipinski definition) is 2. The van der Waals surface area contributed by atoms with Crippen LogP contribution in [0, 0.1) is 13.8 Å². The Bertz CT molecular complexity index is 763. The maximum atomic E-state index is 9.00. The molecule has 0 spiro atoms. The summed E-state index contributed by atoms with van der Waals surface area (Å²) in [5.74, 6) is 0. The quantitative estimate of drug-likeness (QED) is 0.751. The van der Waals surface area contributed by atoms with E-state index in [9.17, 15) is 0 Å². The molecule has 0 aromatic heterocycles. The van der Waals surface area contributed by atoms with Crippen LogP contribution in [0.5, 0.6) is 0 Å². The number of allylic oxidation sites excluding steroid dienone is 4. The van der Waals surface area contributed by atoms with Crippen molar-refractivity contribution < 1.29 is 10.0 Å². The van der Waals surface area contributed by atoms with Gasteiger partial charge in [0.15, 0.2) is 0 Å². The Hall–Kier alpha value is -2.10. The lowest BCUT2D eigenvalue weighted by molar-refractivity contribution is 0.365. The van der Waals surface area contributed by atoms with Crippen molar-refractivity contribution in [2.75, 3.05) is 0 Å². The Morgan fingerprint density at radius 1 is 0.960 bits per heavy atom. The summed E-state index contributed by atoms with van der Waals surface area (Å²) in [4.78, 5) is 0. The van der Waals surface area contributed by atoms with Crippen LogP contribution >= 0.6 is 0 Å². The minimum Gasteiger partial charge on any atom is -0.426 e. The fourth-order valence-corrected chi connectivity index (χ4v) is 2.69. The number of rotatable bonds is 2.